The van der Waals surface area contributed by atoms with Gasteiger partial charge in [-0.25, -0.2) is 0 Å². The molecule has 1 aromatic rings. The van der Waals surface area contributed by atoms with E-state index in [9.17, 15) is 0 Å². The van der Waals surface area contributed by atoms with Gasteiger partial charge < -0.3 is 9.84 Å². The maximum absolute atomic E-state index is 5.50. The molecule has 3 heteroatoms. The van der Waals surface area contributed by atoms with Gasteiger partial charge in [0.15, 0.2) is 0 Å². The van der Waals surface area contributed by atoms with Crippen LogP contribution in [-0.2, 0) is 6.42 Å². The van der Waals surface area contributed by atoms with E-state index < -0.39 is 0 Å². The monoisotopic (exact) mass is 234 g/mol. The summed E-state index contributed by atoms with van der Waals surface area (Å²) in [4.78, 5) is 0. The van der Waals surface area contributed by atoms with Gasteiger partial charge in [-0.2, -0.15) is 0 Å². The second-order valence-corrected chi connectivity index (χ2v) is 5.60. The van der Waals surface area contributed by atoms with E-state index in [1.165, 1.54) is 56.4 Å². The Bertz CT molecular complexity index is 349. The summed E-state index contributed by atoms with van der Waals surface area (Å²) >= 11 is 0. The van der Waals surface area contributed by atoms with Crippen LogP contribution in [0.15, 0.2) is 10.7 Å². The van der Waals surface area contributed by atoms with Crippen molar-refractivity contribution in [2.24, 2.45) is 5.92 Å². The zero-order chi connectivity index (χ0) is 11.5. The summed E-state index contributed by atoms with van der Waals surface area (Å²) < 4.78 is 5.50. The van der Waals surface area contributed by atoms with Crippen LogP contribution in [0.1, 0.15) is 55.8 Å². The largest absolute Gasteiger partial charge is 0.361 e. The van der Waals surface area contributed by atoms with Crippen LogP contribution in [0, 0.1) is 5.92 Å². The van der Waals surface area contributed by atoms with Crippen LogP contribution in [0.4, 0.5) is 0 Å². The average Bonchev–Trinajstić information content (AvgIpc) is 3.00. The van der Waals surface area contributed by atoms with Crippen LogP contribution in [0.5, 0.6) is 0 Å². The highest BCUT2D eigenvalue weighted by Crippen LogP contribution is 2.36. The van der Waals surface area contributed by atoms with Crippen molar-refractivity contribution in [1.82, 2.24) is 10.5 Å². The van der Waals surface area contributed by atoms with E-state index in [0.29, 0.717) is 0 Å². The zero-order valence-electron chi connectivity index (χ0n) is 10.5. The fourth-order valence-electron chi connectivity index (χ4n) is 3.36. The lowest BCUT2D eigenvalue weighted by molar-refractivity contribution is 0.318. The predicted octanol–water partition coefficient (Wildman–Crippen LogP) is 2.87. The molecule has 1 aliphatic heterocycles. The molecule has 0 radical (unpaired) electrons. The SMILES string of the molecule is c1noc(CC2CCCNC2)c1C1CCCC1. The third-order valence-electron chi connectivity index (χ3n) is 4.34. The van der Waals surface area contributed by atoms with Crippen LogP contribution in [0.25, 0.3) is 0 Å². The van der Waals surface area contributed by atoms with Gasteiger partial charge in [0.25, 0.3) is 0 Å². The van der Waals surface area contributed by atoms with Gasteiger partial charge in [0, 0.05) is 12.0 Å². The number of rotatable bonds is 3. The summed E-state index contributed by atoms with van der Waals surface area (Å²) in [5.41, 5.74) is 1.41. The van der Waals surface area contributed by atoms with Gasteiger partial charge in [0.05, 0.1) is 6.20 Å². The Morgan fingerprint density at radius 2 is 2.12 bits per heavy atom. The average molecular weight is 234 g/mol. The molecule has 1 aromatic heterocycles. The van der Waals surface area contributed by atoms with Gasteiger partial charge in [0.2, 0.25) is 0 Å². The Kier molecular flexibility index (Phi) is 3.46. The van der Waals surface area contributed by atoms with E-state index in [4.69, 9.17) is 4.52 Å². The number of piperidine rings is 1. The first-order valence-electron chi connectivity index (χ1n) is 7.07. The second kappa shape index (κ2) is 5.21. The van der Waals surface area contributed by atoms with E-state index in [-0.39, 0.29) is 0 Å². The Balaban J connectivity index is 1.67. The highest BCUT2D eigenvalue weighted by molar-refractivity contribution is 5.20. The van der Waals surface area contributed by atoms with Crippen molar-refractivity contribution in [3.8, 4) is 0 Å². The number of hydrogen-bond acceptors (Lipinski definition) is 3. The first kappa shape index (κ1) is 11.3. The summed E-state index contributed by atoms with van der Waals surface area (Å²) in [6.45, 7) is 2.33. The molecule has 2 heterocycles. The predicted molar refractivity (Wildman–Crippen MR) is 67.0 cm³/mol. The molecule has 2 fully saturated rings. The van der Waals surface area contributed by atoms with Gasteiger partial charge in [-0.3, -0.25) is 0 Å². The molecule has 3 nitrogen and oxygen atoms in total. The lowest BCUT2D eigenvalue weighted by atomic mass is 9.90. The fourth-order valence-corrected chi connectivity index (χ4v) is 3.36. The minimum absolute atomic E-state index is 0.729. The maximum Gasteiger partial charge on any atom is 0.140 e. The van der Waals surface area contributed by atoms with Crippen molar-refractivity contribution in [3.63, 3.8) is 0 Å². The van der Waals surface area contributed by atoms with E-state index in [2.05, 4.69) is 10.5 Å². The number of nitrogens with zero attached hydrogens (tertiary/aromatic N) is 1. The van der Waals surface area contributed by atoms with Crippen molar-refractivity contribution in [1.29, 1.82) is 0 Å². The molecule has 17 heavy (non-hydrogen) atoms. The van der Waals surface area contributed by atoms with Gasteiger partial charge in [-0.1, -0.05) is 18.0 Å². The standard InChI is InChI=1S/C14H22N2O/c1-2-6-12(5-1)13-10-16-17-14(13)8-11-4-3-7-15-9-11/h10-12,15H,1-9H2. The van der Waals surface area contributed by atoms with Crippen molar-refractivity contribution in [3.05, 3.63) is 17.5 Å². The maximum atomic E-state index is 5.50. The molecule has 1 N–H and O–H groups in total. The minimum Gasteiger partial charge on any atom is -0.361 e. The molecule has 1 saturated carbocycles. The smallest absolute Gasteiger partial charge is 0.140 e. The summed E-state index contributed by atoms with van der Waals surface area (Å²) in [5.74, 6) is 2.65. The summed E-state index contributed by atoms with van der Waals surface area (Å²) in [7, 11) is 0. The lowest BCUT2D eigenvalue weighted by Gasteiger charge is -2.22. The number of aromatic nitrogens is 1. The number of hydrogen-bond donors (Lipinski definition) is 1. The van der Waals surface area contributed by atoms with Crippen LogP contribution in [0.2, 0.25) is 0 Å². The molecule has 94 valence electrons. The van der Waals surface area contributed by atoms with E-state index in [1.54, 1.807) is 0 Å². The number of nitrogens with one attached hydrogen (secondary N) is 1. The Labute approximate surface area is 103 Å². The molecular formula is C14H22N2O. The van der Waals surface area contributed by atoms with Crippen LogP contribution >= 0.6 is 0 Å². The van der Waals surface area contributed by atoms with Crippen LogP contribution < -0.4 is 5.32 Å². The van der Waals surface area contributed by atoms with Crippen LogP contribution in [0.3, 0.4) is 0 Å². The highest BCUT2D eigenvalue weighted by Gasteiger charge is 2.24. The van der Waals surface area contributed by atoms with Crippen LogP contribution in [-0.4, -0.2) is 18.2 Å². The van der Waals surface area contributed by atoms with Crippen molar-refractivity contribution >= 4 is 0 Å². The van der Waals surface area contributed by atoms with Gasteiger partial charge in [0.1, 0.15) is 5.76 Å². The third kappa shape index (κ3) is 2.54. The van der Waals surface area contributed by atoms with Gasteiger partial charge in [-0.05, 0) is 50.6 Å². The second-order valence-electron chi connectivity index (χ2n) is 5.60. The first-order chi connectivity index (χ1) is 8.43. The van der Waals surface area contributed by atoms with E-state index >= 15 is 0 Å². The Morgan fingerprint density at radius 1 is 1.24 bits per heavy atom. The van der Waals surface area contributed by atoms with E-state index in [1.807, 2.05) is 6.20 Å². The molecule has 1 atom stereocenters. The zero-order valence-corrected chi connectivity index (χ0v) is 10.5. The summed E-state index contributed by atoms with van der Waals surface area (Å²) in [5, 5.41) is 7.51. The Morgan fingerprint density at radius 3 is 2.88 bits per heavy atom. The molecule has 3 rings (SSSR count). The molecule has 1 saturated heterocycles. The minimum atomic E-state index is 0.729. The lowest BCUT2D eigenvalue weighted by Crippen LogP contribution is -2.30. The van der Waals surface area contributed by atoms with Crippen molar-refractivity contribution < 1.29 is 4.52 Å². The topological polar surface area (TPSA) is 38.1 Å². The van der Waals surface area contributed by atoms with Gasteiger partial charge >= 0.3 is 0 Å². The molecule has 1 aliphatic carbocycles. The molecule has 0 spiro atoms. The summed E-state index contributed by atoms with van der Waals surface area (Å²) in [6, 6.07) is 0. The fraction of sp³-hybridized carbons (Fsp3) is 0.786. The molecule has 0 aromatic carbocycles. The van der Waals surface area contributed by atoms with Crippen molar-refractivity contribution in [2.45, 2.75) is 50.9 Å². The normalized spacial score (nSPS) is 26.5. The first-order valence-corrected chi connectivity index (χ1v) is 7.07. The third-order valence-corrected chi connectivity index (χ3v) is 4.34. The molecule has 2 aliphatic rings. The van der Waals surface area contributed by atoms with Gasteiger partial charge in [-0.15, -0.1) is 0 Å². The quantitative estimate of drug-likeness (QED) is 0.874. The molecular weight excluding hydrogens is 212 g/mol. The highest BCUT2D eigenvalue weighted by atomic mass is 16.5. The summed E-state index contributed by atoms with van der Waals surface area (Å²) in [6.07, 6.45) is 11.1. The Hall–Kier alpha value is -0.830. The van der Waals surface area contributed by atoms with E-state index in [0.717, 1.165) is 24.8 Å². The molecule has 0 bridgehead atoms. The molecule has 1 unspecified atom stereocenters. The molecule has 0 amide bonds. The van der Waals surface area contributed by atoms with Crippen molar-refractivity contribution in [2.75, 3.05) is 13.1 Å².